The minimum absolute atomic E-state index is 0.187. The number of fused-ring (bicyclic) bond motifs is 3. The average Bonchev–Trinajstić information content (AvgIpc) is 3.66. The molecule has 8 heteroatoms. The van der Waals surface area contributed by atoms with Crippen LogP contribution in [0.2, 0.25) is 0 Å². The largest absolute Gasteiger partial charge is 0.457 e. The van der Waals surface area contributed by atoms with E-state index in [1.165, 1.54) is 28.6 Å². The van der Waals surface area contributed by atoms with Crippen LogP contribution in [0.15, 0.2) is 109 Å². The molecule has 0 atom stereocenters. The molecular formula is C43H41F3N4O. The molecule has 0 spiro atoms. The van der Waals surface area contributed by atoms with Gasteiger partial charge in [0.2, 0.25) is 0 Å². The quantitative estimate of drug-likeness (QED) is 0.128. The van der Waals surface area contributed by atoms with Gasteiger partial charge in [-0.1, -0.05) is 88.6 Å². The van der Waals surface area contributed by atoms with Crippen LogP contribution in [0.5, 0.6) is 11.5 Å². The number of ether oxygens (including phenoxy) is 1. The first kappa shape index (κ1) is 34.1. The second kappa shape index (κ2) is 14.5. The van der Waals surface area contributed by atoms with E-state index in [4.69, 9.17) is 9.84 Å². The molecule has 3 aromatic heterocycles. The first-order valence-corrected chi connectivity index (χ1v) is 17.8. The van der Waals surface area contributed by atoms with Crippen LogP contribution in [0.1, 0.15) is 69.0 Å². The Hall–Kier alpha value is -5.37. The molecule has 0 aliphatic heterocycles. The molecule has 7 aromatic rings. The summed E-state index contributed by atoms with van der Waals surface area (Å²) in [6.07, 6.45) is 3.77. The van der Waals surface area contributed by atoms with Gasteiger partial charge in [0.1, 0.15) is 17.3 Å². The van der Waals surface area contributed by atoms with Crippen molar-refractivity contribution in [3.63, 3.8) is 0 Å². The lowest BCUT2D eigenvalue weighted by molar-refractivity contribution is -0.137. The molecule has 0 saturated carbocycles. The highest BCUT2D eigenvalue weighted by Gasteiger charge is 2.31. The van der Waals surface area contributed by atoms with Crippen LogP contribution >= 0.6 is 0 Å². The van der Waals surface area contributed by atoms with Crippen LogP contribution in [0.25, 0.3) is 44.4 Å². The summed E-state index contributed by atoms with van der Waals surface area (Å²) < 4.78 is 51.5. The van der Waals surface area contributed by atoms with E-state index in [1.807, 2.05) is 60.7 Å². The molecule has 4 aromatic carbocycles. The number of para-hydroxylation sites is 1. The predicted octanol–water partition coefficient (Wildman–Crippen LogP) is 12.1. The van der Waals surface area contributed by atoms with Gasteiger partial charge in [-0.3, -0.25) is 4.57 Å². The van der Waals surface area contributed by atoms with Crippen molar-refractivity contribution < 1.29 is 17.9 Å². The van der Waals surface area contributed by atoms with E-state index >= 15 is 0 Å². The summed E-state index contributed by atoms with van der Waals surface area (Å²) in [4.78, 5) is 4.35. The maximum Gasteiger partial charge on any atom is 0.416 e. The summed E-state index contributed by atoms with van der Waals surface area (Å²) in [5, 5.41) is 7.02. The zero-order valence-electron chi connectivity index (χ0n) is 29.2. The van der Waals surface area contributed by atoms with Crippen LogP contribution in [0, 0.1) is 0 Å². The molecule has 3 heterocycles. The van der Waals surface area contributed by atoms with Crippen LogP contribution in [0.4, 0.5) is 13.2 Å². The number of alkyl halides is 3. The third-order valence-electron chi connectivity index (χ3n) is 9.33. The molecule has 0 saturated heterocycles. The van der Waals surface area contributed by atoms with Crippen molar-refractivity contribution in [1.82, 2.24) is 19.3 Å². The number of hydrogen-bond acceptors (Lipinski definition) is 3. The van der Waals surface area contributed by atoms with Crippen LogP contribution in [-0.4, -0.2) is 19.3 Å². The van der Waals surface area contributed by atoms with E-state index in [0.29, 0.717) is 17.0 Å². The van der Waals surface area contributed by atoms with Crippen LogP contribution in [0.3, 0.4) is 0 Å². The third-order valence-corrected chi connectivity index (χ3v) is 9.33. The van der Waals surface area contributed by atoms with E-state index in [2.05, 4.69) is 60.8 Å². The highest BCUT2D eigenvalue weighted by molar-refractivity contribution is 6.09. The molecular weight excluding hydrogens is 645 g/mol. The van der Waals surface area contributed by atoms with Gasteiger partial charge in [-0.2, -0.15) is 18.3 Å². The van der Waals surface area contributed by atoms with Crippen molar-refractivity contribution in [1.29, 1.82) is 0 Å². The summed E-state index contributed by atoms with van der Waals surface area (Å²) in [7, 11) is 0. The molecule has 0 aliphatic carbocycles. The van der Waals surface area contributed by atoms with Gasteiger partial charge in [-0.05, 0) is 79.3 Å². The number of halogens is 3. The van der Waals surface area contributed by atoms with Gasteiger partial charge < -0.3 is 4.74 Å². The zero-order chi connectivity index (χ0) is 35.5. The molecule has 51 heavy (non-hydrogen) atoms. The normalized spacial score (nSPS) is 11.9. The van der Waals surface area contributed by atoms with E-state index in [1.54, 1.807) is 4.57 Å². The van der Waals surface area contributed by atoms with Crippen molar-refractivity contribution in [2.45, 2.75) is 71.9 Å². The van der Waals surface area contributed by atoms with Gasteiger partial charge >= 0.3 is 6.18 Å². The Bertz CT molecular complexity index is 2300. The first-order chi connectivity index (χ1) is 24.8. The van der Waals surface area contributed by atoms with Gasteiger partial charge in [-0.15, -0.1) is 0 Å². The fourth-order valence-electron chi connectivity index (χ4n) is 6.96. The summed E-state index contributed by atoms with van der Waals surface area (Å²) in [6, 6.07) is 32.3. The van der Waals surface area contributed by atoms with Crippen molar-refractivity contribution in [3.05, 3.63) is 132 Å². The second-order valence-corrected chi connectivity index (χ2v) is 13.0. The predicted molar refractivity (Wildman–Crippen MR) is 199 cm³/mol. The Balaban J connectivity index is 1.29. The number of aryl methyl sites for hydroxylation is 2. The molecule has 0 radical (unpaired) electrons. The fraction of sp³-hybridized carbons (Fsp3) is 0.256. The molecule has 0 fully saturated rings. The lowest BCUT2D eigenvalue weighted by Crippen LogP contribution is -2.07. The Morgan fingerprint density at radius 1 is 0.686 bits per heavy atom. The molecule has 0 aliphatic rings. The zero-order valence-corrected chi connectivity index (χ0v) is 29.2. The highest BCUT2D eigenvalue weighted by atomic mass is 19.4. The number of pyridine rings is 1. The standard InChI is InChI=1S/C43H41F3N4O/c1-4-7-16-39-42(30-20-18-29(11-5-2)19-21-30)37(12-6-3)48-50(39)32-13-10-14-33(27-32)51-34-22-23-36-35-15-8-9-17-38(35)49(40(36)28-34)41-26-31(24-25-47-41)43(44,45)46/h8-10,13-15,17-28H,4-7,11-12,16H2,1-3H3. The monoisotopic (exact) mass is 686 g/mol. The topological polar surface area (TPSA) is 44.9 Å². The number of benzene rings is 4. The number of unbranched alkanes of at least 4 members (excludes halogenated alkanes) is 1. The summed E-state index contributed by atoms with van der Waals surface area (Å²) >= 11 is 0. The minimum atomic E-state index is -4.49. The number of rotatable bonds is 12. The van der Waals surface area contributed by atoms with Crippen molar-refractivity contribution >= 4 is 21.8 Å². The number of hydrogen-bond donors (Lipinski definition) is 0. The van der Waals surface area contributed by atoms with Crippen molar-refractivity contribution in [3.8, 4) is 34.1 Å². The van der Waals surface area contributed by atoms with Gasteiger partial charge in [-0.25, -0.2) is 9.67 Å². The average molecular weight is 687 g/mol. The van der Waals surface area contributed by atoms with Gasteiger partial charge in [0.05, 0.1) is 33.7 Å². The van der Waals surface area contributed by atoms with Gasteiger partial charge in [0.25, 0.3) is 0 Å². The molecule has 0 bridgehead atoms. The van der Waals surface area contributed by atoms with E-state index in [0.717, 1.165) is 84.7 Å². The summed E-state index contributed by atoms with van der Waals surface area (Å²) in [5.41, 5.74) is 7.67. The van der Waals surface area contributed by atoms with Crippen LogP contribution in [-0.2, 0) is 25.4 Å². The van der Waals surface area contributed by atoms with Gasteiger partial charge in [0, 0.05) is 34.7 Å². The summed E-state index contributed by atoms with van der Waals surface area (Å²) in [6.45, 7) is 6.60. The Kier molecular flexibility index (Phi) is 9.67. The third kappa shape index (κ3) is 6.87. The van der Waals surface area contributed by atoms with Crippen molar-refractivity contribution in [2.24, 2.45) is 0 Å². The lowest BCUT2D eigenvalue weighted by Gasteiger charge is -2.13. The highest BCUT2D eigenvalue weighted by Crippen LogP contribution is 2.38. The Morgan fingerprint density at radius 2 is 1.45 bits per heavy atom. The smallest absolute Gasteiger partial charge is 0.416 e. The number of nitrogens with zero attached hydrogens (tertiary/aromatic N) is 4. The number of aromatic nitrogens is 4. The maximum absolute atomic E-state index is 13.7. The van der Waals surface area contributed by atoms with E-state index in [-0.39, 0.29) is 5.82 Å². The SMILES string of the molecule is CCCCc1c(-c2ccc(CCC)cc2)c(CCC)nn1-c1cccc(Oc2ccc3c4ccccc4n(-c4cc(C(F)(F)F)ccn4)c3c2)c1. The van der Waals surface area contributed by atoms with Crippen LogP contribution < -0.4 is 4.74 Å². The molecule has 5 nitrogen and oxygen atoms in total. The fourth-order valence-corrected chi connectivity index (χ4v) is 6.96. The van der Waals surface area contributed by atoms with E-state index < -0.39 is 11.7 Å². The maximum atomic E-state index is 13.7. The molecule has 260 valence electrons. The molecule has 0 unspecified atom stereocenters. The first-order valence-electron chi connectivity index (χ1n) is 17.8. The minimum Gasteiger partial charge on any atom is -0.457 e. The van der Waals surface area contributed by atoms with E-state index in [9.17, 15) is 13.2 Å². The lowest BCUT2D eigenvalue weighted by atomic mass is 9.96. The van der Waals surface area contributed by atoms with Crippen molar-refractivity contribution in [2.75, 3.05) is 0 Å². The molecule has 7 rings (SSSR count). The van der Waals surface area contributed by atoms with Gasteiger partial charge in [0.15, 0.2) is 0 Å². The Labute approximate surface area is 296 Å². The molecule has 0 amide bonds. The second-order valence-electron chi connectivity index (χ2n) is 13.0. The molecule has 0 N–H and O–H groups in total. The Morgan fingerprint density at radius 3 is 2.22 bits per heavy atom. The summed E-state index contributed by atoms with van der Waals surface area (Å²) in [5.74, 6) is 1.38.